The zero-order chi connectivity index (χ0) is 20.5. The van der Waals surface area contributed by atoms with E-state index in [1.165, 1.54) is 31.2 Å². The molecule has 1 aliphatic carbocycles. The van der Waals surface area contributed by atoms with Crippen molar-refractivity contribution in [2.75, 3.05) is 47.0 Å². The number of guanidine groups is 1. The molecular formula is C23H38N4O2. The van der Waals surface area contributed by atoms with Crippen LogP contribution in [-0.4, -0.2) is 63.9 Å². The molecular weight excluding hydrogens is 364 g/mol. The summed E-state index contributed by atoms with van der Waals surface area (Å²) < 4.78 is 11.6. The van der Waals surface area contributed by atoms with Crippen molar-refractivity contribution in [3.05, 3.63) is 29.3 Å². The largest absolute Gasteiger partial charge is 0.493 e. The van der Waals surface area contributed by atoms with Crippen LogP contribution in [0.1, 0.15) is 43.2 Å². The SMILES string of the molecule is CN=C(NCCN(C)C1CCCC1)NCc1ccc(C)cc1OCC1CCOC1. The maximum Gasteiger partial charge on any atom is 0.191 e. The zero-order valence-electron chi connectivity index (χ0n) is 18.4. The number of aryl methyl sites for hydroxylation is 1. The first-order valence-electron chi connectivity index (χ1n) is 11.1. The predicted molar refractivity (Wildman–Crippen MR) is 119 cm³/mol. The molecule has 162 valence electrons. The van der Waals surface area contributed by atoms with E-state index in [9.17, 15) is 0 Å². The molecule has 2 N–H and O–H groups in total. The molecule has 1 aromatic carbocycles. The standard InChI is InChI=1S/C23H38N4O2/c1-18-8-9-20(22(14-18)29-17-19-10-13-28-16-19)15-26-23(24-2)25-11-12-27(3)21-6-4-5-7-21/h8-9,14,19,21H,4-7,10-13,15-17H2,1-3H3,(H2,24,25,26). The highest BCUT2D eigenvalue weighted by molar-refractivity contribution is 5.79. The van der Waals surface area contributed by atoms with Gasteiger partial charge in [0.05, 0.1) is 13.2 Å². The van der Waals surface area contributed by atoms with E-state index in [-0.39, 0.29) is 0 Å². The van der Waals surface area contributed by atoms with Gasteiger partial charge < -0.3 is 25.0 Å². The first-order chi connectivity index (χ1) is 14.2. The Bertz CT molecular complexity index is 652. The third kappa shape index (κ3) is 6.89. The monoisotopic (exact) mass is 402 g/mol. The van der Waals surface area contributed by atoms with Gasteiger partial charge >= 0.3 is 0 Å². The fourth-order valence-electron chi connectivity index (χ4n) is 4.14. The van der Waals surface area contributed by atoms with Crippen molar-refractivity contribution >= 4 is 5.96 Å². The lowest BCUT2D eigenvalue weighted by Gasteiger charge is -2.24. The van der Waals surface area contributed by atoms with E-state index in [1.54, 1.807) is 0 Å². The van der Waals surface area contributed by atoms with Crippen LogP contribution in [0.3, 0.4) is 0 Å². The highest BCUT2D eigenvalue weighted by Crippen LogP contribution is 2.23. The summed E-state index contributed by atoms with van der Waals surface area (Å²) in [4.78, 5) is 6.85. The predicted octanol–water partition coefficient (Wildman–Crippen LogP) is 2.95. The zero-order valence-corrected chi connectivity index (χ0v) is 18.4. The second kappa shape index (κ2) is 11.4. The van der Waals surface area contributed by atoms with Crippen molar-refractivity contribution < 1.29 is 9.47 Å². The number of hydrogen-bond acceptors (Lipinski definition) is 4. The van der Waals surface area contributed by atoms with Gasteiger partial charge in [0.1, 0.15) is 5.75 Å². The normalized spacial score (nSPS) is 20.4. The van der Waals surface area contributed by atoms with Crippen LogP contribution in [0.4, 0.5) is 0 Å². The molecule has 1 aliphatic heterocycles. The highest BCUT2D eigenvalue weighted by Gasteiger charge is 2.19. The molecule has 0 spiro atoms. The van der Waals surface area contributed by atoms with Crippen molar-refractivity contribution in [2.24, 2.45) is 10.9 Å². The summed E-state index contributed by atoms with van der Waals surface area (Å²) in [5.74, 6) is 2.30. The van der Waals surface area contributed by atoms with Gasteiger partial charge in [0.2, 0.25) is 0 Å². The van der Waals surface area contributed by atoms with Gasteiger partial charge in [-0.1, -0.05) is 25.0 Å². The molecule has 1 saturated heterocycles. The van der Waals surface area contributed by atoms with Crippen molar-refractivity contribution in [3.8, 4) is 5.75 Å². The molecule has 0 bridgehead atoms. The molecule has 0 aromatic heterocycles. The van der Waals surface area contributed by atoms with Crippen molar-refractivity contribution in [1.29, 1.82) is 0 Å². The lowest BCUT2D eigenvalue weighted by molar-refractivity contribution is 0.166. The average molecular weight is 403 g/mol. The molecule has 3 rings (SSSR count). The van der Waals surface area contributed by atoms with Crippen LogP contribution in [-0.2, 0) is 11.3 Å². The molecule has 1 aromatic rings. The highest BCUT2D eigenvalue weighted by atomic mass is 16.5. The molecule has 1 atom stereocenters. The molecule has 0 amide bonds. The first kappa shape index (κ1) is 21.9. The van der Waals surface area contributed by atoms with E-state index < -0.39 is 0 Å². The van der Waals surface area contributed by atoms with Crippen LogP contribution >= 0.6 is 0 Å². The van der Waals surface area contributed by atoms with Gasteiger partial charge in [-0.3, -0.25) is 4.99 Å². The van der Waals surface area contributed by atoms with Gasteiger partial charge in [-0.2, -0.15) is 0 Å². The Morgan fingerprint density at radius 1 is 1.24 bits per heavy atom. The third-order valence-corrected chi connectivity index (χ3v) is 6.10. The van der Waals surface area contributed by atoms with Crippen molar-refractivity contribution in [1.82, 2.24) is 15.5 Å². The lowest BCUT2D eigenvalue weighted by Crippen LogP contribution is -2.42. The Balaban J connectivity index is 1.45. The van der Waals surface area contributed by atoms with Crippen LogP contribution in [0.2, 0.25) is 0 Å². The van der Waals surface area contributed by atoms with E-state index in [1.807, 2.05) is 7.05 Å². The van der Waals surface area contributed by atoms with E-state index in [0.717, 1.165) is 62.6 Å². The summed E-state index contributed by atoms with van der Waals surface area (Å²) in [5.41, 5.74) is 2.37. The summed E-state index contributed by atoms with van der Waals surface area (Å²) in [6.07, 6.45) is 6.52. The summed E-state index contributed by atoms with van der Waals surface area (Å²) >= 11 is 0. The van der Waals surface area contributed by atoms with E-state index in [4.69, 9.17) is 9.47 Å². The number of ether oxygens (including phenoxy) is 2. The van der Waals surface area contributed by atoms with Gasteiger partial charge in [-0.05, 0) is 44.9 Å². The van der Waals surface area contributed by atoms with Crippen LogP contribution in [0.15, 0.2) is 23.2 Å². The fourth-order valence-corrected chi connectivity index (χ4v) is 4.14. The number of likely N-dealkylation sites (N-methyl/N-ethyl adjacent to an activating group) is 1. The van der Waals surface area contributed by atoms with Gasteiger partial charge in [0.15, 0.2) is 5.96 Å². The number of nitrogens with one attached hydrogen (secondary N) is 2. The molecule has 29 heavy (non-hydrogen) atoms. The quantitative estimate of drug-likeness (QED) is 0.491. The Labute approximate surface area is 176 Å². The van der Waals surface area contributed by atoms with Crippen LogP contribution in [0, 0.1) is 12.8 Å². The second-order valence-electron chi connectivity index (χ2n) is 8.42. The number of benzene rings is 1. The van der Waals surface area contributed by atoms with Gasteiger partial charge in [0, 0.05) is 50.8 Å². The van der Waals surface area contributed by atoms with Crippen LogP contribution in [0.5, 0.6) is 5.75 Å². The van der Waals surface area contributed by atoms with Crippen LogP contribution < -0.4 is 15.4 Å². The third-order valence-electron chi connectivity index (χ3n) is 6.10. The second-order valence-corrected chi connectivity index (χ2v) is 8.42. The van der Waals surface area contributed by atoms with Gasteiger partial charge in [-0.15, -0.1) is 0 Å². The summed E-state index contributed by atoms with van der Waals surface area (Å²) in [7, 11) is 4.06. The van der Waals surface area contributed by atoms with Gasteiger partial charge in [0.25, 0.3) is 0 Å². The number of hydrogen-bond donors (Lipinski definition) is 2. The number of rotatable bonds is 9. The Morgan fingerprint density at radius 2 is 2.07 bits per heavy atom. The Kier molecular flexibility index (Phi) is 8.62. The summed E-state index contributed by atoms with van der Waals surface area (Å²) in [5, 5.41) is 6.87. The Morgan fingerprint density at radius 3 is 2.79 bits per heavy atom. The molecule has 2 aliphatic rings. The maximum absolute atomic E-state index is 6.15. The first-order valence-corrected chi connectivity index (χ1v) is 11.1. The molecule has 1 heterocycles. The van der Waals surface area contributed by atoms with E-state index in [2.05, 4.69) is 52.7 Å². The minimum absolute atomic E-state index is 0.502. The van der Waals surface area contributed by atoms with Crippen LogP contribution in [0.25, 0.3) is 0 Å². The topological polar surface area (TPSA) is 58.1 Å². The average Bonchev–Trinajstić information content (AvgIpc) is 3.44. The smallest absolute Gasteiger partial charge is 0.191 e. The minimum atomic E-state index is 0.502. The molecule has 6 heteroatoms. The van der Waals surface area contributed by atoms with E-state index in [0.29, 0.717) is 12.5 Å². The van der Waals surface area contributed by atoms with Gasteiger partial charge in [-0.25, -0.2) is 0 Å². The van der Waals surface area contributed by atoms with E-state index >= 15 is 0 Å². The molecule has 1 unspecified atom stereocenters. The molecule has 2 fully saturated rings. The number of aliphatic imine (C=N–C) groups is 1. The summed E-state index contributed by atoms with van der Waals surface area (Å²) in [6, 6.07) is 7.16. The fraction of sp³-hybridized carbons (Fsp3) is 0.696. The molecule has 1 saturated carbocycles. The maximum atomic E-state index is 6.15. The van der Waals surface area contributed by atoms with Crippen molar-refractivity contribution in [2.45, 2.75) is 51.6 Å². The number of nitrogens with zero attached hydrogens (tertiary/aromatic N) is 2. The molecule has 0 radical (unpaired) electrons. The Hall–Kier alpha value is -1.79. The van der Waals surface area contributed by atoms with Crippen molar-refractivity contribution in [3.63, 3.8) is 0 Å². The lowest BCUT2D eigenvalue weighted by atomic mass is 10.1. The minimum Gasteiger partial charge on any atom is -0.493 e. The molecule has 6 nitrogen and oxygen atoms in total. The summed E-state index contributed by atoms with van der Waals surface area (Å²) in [6.45, 7) is 7.11.